The number of sulfone groups is 1. The van der Waals surface area contributed by atoms with Crippen molar-refractivity contribution in [3.05, 3.63) is 48.0 Å². The largest absolute Gasteiger partial charge is 0.327 e. The topological polar surface area (TPSA) is 60.2 Å². The zero-order valence-corrected chi connectivity index (χ0v) is 11.2. The molecule has 2 N–H and O–H groups in total. The van der Waals surface area contributed by atoms with Crippen LogP contribution in [-0.4, -0.2) is 20.2 Å². The fourth-order valence-corrected chi connectivity index (χ4v) is 3.76. The Hall–Kier alpha value is -1.39. The predicted molar refractivity (Wildman–Crippen MR) is 75.1 cm³/mol. The van der Waals surface area contributed by atoms with Crippen molar-refractivity contribution in [3.8, 4) is 0 Å². The van der Waals surface area contributed by atoms with Crippen LogP contribution in [0.3, 0.4) is 0 Å². The van der Waals surface area contributed by atoms with Gasteiger partial charge in [0.2, 0.25) is 0 Å². The van der Waals surface area contributed by atoms with Gasteiger partial charge in [0.05, 0.1) is 11.5 Å². The molecule has 0 aliphatic rings. The van der Waals surface area contributed by atoms with Gasteiger partial charge in [0.1, 0.15) is 0 Å². The van der Waals surface area contributed by atoms with Crippen molar-refractivity contribution in [1.82, 2.24) is 0 Å². The molecule has 0 spiro atoms. The third-order valence-corrected chi connectivity index (χ3v) is 4.56. The van der Waals surface area contributed by atoms with Gasteiger partial charge in [-0.15, -0.1) is 0 Å². The zero-order valence-electron chi connectivity index (χ0n) is 10.3. The minimum Gasteiger partial charge on any atom is -0.327 e. The Balaban J connectivity index is 2.38. The molecule has 1 atom stereocenters. The Morgan fingerprint density at radius 2 is 1.78 bits per heavy atom. The van der Waals surface area contributed by atoms with E-state index in [1.54, 1.807) is 6.92 Å². The first kappa shape index (κ1) is 13.1. The fourth-order valence-electron chi connectivity index (χ4n) is 2.11. The molecule has 0 saturated carbocycles. The monoisotopic (exact) mass is 263 g/mol. The van der Waals surface area contributed by atoms with Gasteiger partial charge < -0.3 is 5.73 Å². The molecular formula is C14H17NO2S. The van der Waals surface area contributed by atoms with Crippen LogP contribution < -0.4 is 5.73 Å². The number of fused-ring (bicyclic) bond motifs is 1. The zero-order chi connectivity index (χ0) is 13.2. The van der Waals surface area contributed by atoms with Gasteiger partial charge in [0.25, 0.3) is 0 Å². The molecule has 0 amide bonds. The molecule has 0 radical (unpaired) electrons. The van der Waals surface area contributed by atoms with Gasteiger partial charge in [-0.1, -0.05) is 42.5 Å². The molecule has 0 aromatic heterocycles. The van der Waals surface area contributed by atoms with Crippen LogP contribution >= 0.6 is 0 Å². The predicted octanol–water partition coefficient (Wildman–Crippen LogP) is 2.10. The lowest BCUT2D eigenvalue weighted by Crippen LogP contribution is -2.27. The maximum atomic E-state index is 12.0. The van der Waals surface area contributed by atoms with Crippen molar-refractivity contribution in [3.63, 3.8) is 0 Å². The smallest absolute Gasteiger partial charge is 0.155 e. The number of hydrogen-bond donors (Lipinski definition) is 1. The van der Waals surface area contributed by atoms with Crippen LogP contribution in [0.4, 0.5) is 0 Å². The highest BCUT2D eigenvalue weighted by Crippen LogP contribution is 2.20. The van der Waals surface area contributed by atoms with Crippen molar-refractivity contribution in [2.45, 2.75) is 18.7 Å². The first-order valence-corrected chi connectivity index (χ1v) is 7.73. The second-order valence-corrected chi connectivity index (χ2v) is 6.78. The molecular weight excluding hydrogens is 246 g/mol. The van der Waals surface area contributed by atoms with Crippen LogP contribution in [-0.2, 0) is 15.6 Å². The van der Waals surface area contributed by atoms with Crippen molar-refractivity contribution in [1.29, 1.82) is 0 Å². The lowest BCUT2D eigenvalue weighted by atomic mass is 10.1. The van der Waals surface area contributed by atoms with E-state index in [4.69, 9.17) is 5.73 Å². The molecule has 2 rings (SSSR count). The summed E-state index contributed by atoms with van der Waals surface area (Å²) in [6.45, 7) is 1.71. The van der Waals surface area contributed by atoms with Crippen LogP contribution in [0.15, 0.2) is 42.5 Å². The van der Waals surface area contributed by atoms with Gasteiger partial charge >= 0.3 is 0 Å². The highest BCUT2D eigenvalue weighted by Gasteiger charge is 2.15. The van der Waals surface area contributed by atoms with Crippen LogP contribution in [0, 0.1) is 0 Å². The molecule has 4 heteroatoms. The molecule has 0 saturated heterocycles. The summed E-state index contributed by atoms with van der Waals surface area (Å²) >= 11 is 0. The first-order chi connectivity index (χ1) is 8.48. The summed E-state index contributed by atoms with van der Waals surface area (Å²) in [7, 11) is -3.15. The first-order valence-electron chi connectivity index (χ1n) is 5.90. The number of benzene rings is 2. The summed E-state index contributed by atoms with van der Waals surface area (Å²) in [4.78, 5) is 0. The summed E-state index contributed by atoms with van der Waals surface area (Å²) < 4.78 is 23.9. The maximum Gasteiger partial charge on any atom is 0.155 e. The molecule has 0 aliphatic heterocycles. The molecule has 96 valence electrons. The molecule has 0 fully saturated rings. The van der Waals surface area contributed by atoms with E-state index in [9.17, 15) is 8.42 Å². The number of rotatable bonds is 4. The summed E-state index contributed by atoms with van der Waals surface area (Å²) in [5.74, 6) is 0.0755. The second-order valence-electron chi connectivity index (χ2n) is 4.67. The fraction of sp³-hybridized carbons (Fsp3) is 0.286. The van der Waals surface area contributed by atoms with Gasteiger partial charge in [-0.3, -0.25) is 0 Å². The number of nitrogens with two attached hydrogens (primary N) is 1. The van der Waals surface area contributed by atoms with Crippen LogP contribution in [0.2, 0.25) is 0 Å². The van der Waals surface area contributed by atoms with Gasteiger partial charge in [0.15, 0.2) is 9.84 Å². The van der Waals surface area contributed by atoms with E-state index < -0.39 is 9.84 Å². The van der Waals surface area contributed by atoms with Gasteiger partial charge in [-0.2, -0.15) is 0 Å². The molecule has 0 aliphatic carbocycles. The Labute approximate surface area is 108 Å². The summed E-state index contributed by atoms with van der Waals surface area (Å²) in [5, 5.41) is 2.05. The van der Waals surface area contributed by atoms with Crippen LogP contribution in [0.25, 0.3) is 10.8 Å². The van der Waals surface area contributed by atoms with Gasteiger partial charge in [-0.25, -0.2) is 8.42 Å². The molecule has 3 nitrogen and oxygen atoms in total. The van der Waals surface area contributed by atoms with Crippen molar-refractivity contribution < 1.29 is 8.42 Å². The second kappa shape index (κ2) is 5.08. The molecule has 1 unspecified atom stereocenters. The summed E-state index contributed by atoms with van der Waals surface area (Å²) in [6, 6.07) is 13.2. The average molecular weight is 263 g/mol. The average Bonchev–Trinajstić information content (AvgIpc) is 2.27. The SMILES string of the molecule is CC(N)CS(=O)(=O)Cc1cccc2ccccc12. The van der Waals surface area contributed by atoms with Gasteiger partial charge in [0, 0.05) is 6.04 Å². The molecule has 0 heterocycles. The summed E-state index contributed by atoms with van der Waals surface area (Å²) in [6.07, 6.45) is 0. The third-order valence-electron chi connectivity index (χ3n) is 2.77. The van der Waals surface area contributed by atoms with E-state index in [0.29, 0.717) is 0 Å². The maximum absolute atomic E-state index is 12.0. The van der Waals surface area contributed by atoms with Crippen LogP contribution in [0.5, 0.6) is 0 Å². The molecule has 18 heavy (non-hydrogen) atoms. The Kier molecular flexibility index (Phi) is 3.68. The summed E-state index contributed by atoms with van der Waals surface area (Å²) in [5.41, 5.74) is 6.41. The lowest BCUT2D eigenvalue weighted by Gasteiger charge is -2.09. The number of hydrogen-bond acceptors (Lipinski definition) is 3. The minimum atomic E-state index is -3.15. The molecule has 2 aromatic carbocycles. The Morgan fingerprint density at radius 3 is 2.50 bits per heavy atom. The highest BCUT2D eigenvalue weighted by molar-refractivity contribution is 7.90. The van der Waals surface area contributed by atoms with Crippen molar-refractivity contribution in [2.75, 3.05) is 5.75 Å². The Bertz CT molecular complexity index is 642. The van der Waals surface area contributed by atoms with Crippen molar-refractivity contribution in [2.24, 2.45) is 5.73 Å². The standard InChI is InChI=1S/C14H17NO2S/c1-11(15)9-18(16,17)10-13-7-4-6-12-5-2-3-8-14(12)13/h2-8,11H,9-10,15H2,1H3. The van der Waals surface area contributed by atoms with E-state index in [2.05, 4.69) is 0 Å². The van der Waals surface area contributed by atoms with E-state index >= 15 is 0 Å². The van der Waals surface area contributed by atoms with Gasteiger partial charge in [-0.05, 0) is 23.3 Å². The normalized spacial score (nSPS) is 13.7. The minimum absolute atomic E-state index is 0.0240. The molecule has 0 bridgehead atoms. The van der Waals surface area contributed by atoms with E-state index in [-0.39, 0.29) is 17.5 Å². The highest BCUT2D eigenvalue weighted by atomic mass is 32.2. The van der Waals surface area contributed by atoms with Crippen molar-refractivity contribution >= 4 is 20.6 Å². The lowest BCUT2D eigenvalue weighted by molar-refractivity contribution is 0.589. The van der Waals surface area contributed by atoms with E-state index in [1.807, 2.05) is 42.5 Å². The van der Waals surface area contributed by atoms with E-state index in [1.165, 1.54) is 0 Å². The third kappa shape index (κ3) is 3.09. The Morgan fingerprint density at radius 1 is 1.11 bits per heavy atom. The van der Waals surface area contributed by atoms with E-state index in [0.717, 1.165) is 16.3 Å². The quantitative estimate of drug-likeness (QED) is 0.919. The molecule has 2 aromatic rings. The van der Waals surface area contributed by atoms with Crippen LogP contribution in [0.1, 0.15) is 12.5 Å².